The SMILES string of the molecule is COc1ccc(Nc2ccccc2Br)c([N+](=O)[O-])c1. The lowest BCUT2D eigenvalue weighted by Gasteiger charge is -2.09. The highest BCUT2D eigenvalue weighted by Gasteiger charge is 2.15. The van der Waals surface area contributed by atoms with Gasteiger partial charge in [-0.2, -0.15) is 0 Å². The molecule has 0 aromatic heterocycles. The van der Waals surface area contributed by atoms with E-state index in [-0.39, 0.29) is 5.69 Å². The first kappa shape index (κ1) is 13.4. The van der Waals surface area contributed by atoms with Gasteiger partial charge < -0.3 is 10.1 Å². The van der Waals surface area contributed by atoms with Crippen molar-refractivity contribution in [3.8, 4) is 5.75 Å². The molecule has 0 atom stereocenters. The van der Waals surface area contributed by atoms with Crippen LogP contribution in [0.1, 0.15) is 0 Å². The van der Waals surface area contributed by atoms with Crippen LogP contribution < -0.4 is 10.1 Å². The summed E-state index contributed by atoms with van der Waals surface area (Å²) in [5, 5.41) is 14.1. The molecule has 0 unspecified atom stereocenters. The summed E-state index contributed by atoms with van der Waals surface area (Å²) < 4.78 is 5.83. The minimum absolute atomic E-state index is 0.0323. The van der Waals surface area contributed by atoms with Gasteiger partial charge in [0, 0.05) is 4.47 Å². The van der Waals surface area contributed by atoms with E-state index < -0.39 is 4.92 Å². The van der Waals surface area contributed by atoms with Crippen molar-refractivity contribution in [2.75, 3.05) is 12.4 Å². The number of nitrogens with zero attached hydrogens (tertiary/aromatic N) is 1. The molecule has 2 aromatic carbocycles. The standard InChI is InChI=1S/C13H11BrN2O3/c1-19-9-6-7-12(13(8-9)16(17)18)15-11-5-3-2-4-10(11)14/h2-8,15H,1H3. The second kappa shape index (κ2) is 5.71. The van der Waals surface area contributed by atoms with Gasteiger partial charge in [-0.15, -0.1) is 0 Å². The van der Waals surface area contributed by atoms with E-state index in [0.717, 1.165) is 10.2 Å². The van der Waals surface area contributed by atoms with Crippen molar-refractivity contribution < 1.29 is 9.66 Å². The number of hydrogen-bond acceptors (Lipinski definition) is 4. The average Bonchev–Trinajstić information content (AvgIpc) is 2.41. The molecule has 2 aromatic rings. The molecule has 19 heavy (non-hydrogen) atoms. The van der Waals surface area contributed by atoms with Crippen molar-refractivity contribution >= 4 is 33.0 Å². The third-order valence-electron chi connectivity index (χ3n) is 2.54. The highest BCUT2D eigenvalue weighted by molar-refractivity contribution is 9.10. The Kier molecular flexibility index (Phi) is 4.01. The number of ether oxygens (including phenoxy) is 1. The molecule has 0 aliphatic carbocycles. The molecular formula is C13H11BrN2O3. The fourth-order valence-electron chi connectivity index (χ4n) is 1.60. The zero-order chi connectivity index (χ0) is 13.8. The first-order valence-electron chi connectivity index (χ1n) is 5.46. The molecule has 0 bridgehead atoms. The molecule has 6 heteroatoms. The summed E-state index contributed by atoms with van der Waals surface area (Å²) in [5.74, 6) is 0.448. The first-order chi connectivity index (χ1) is 9.11. The maximum atomic E-state index is 11.1. The van der Waals surface area contributed by atoms with Gasteiger partial charge in [0.15, 0.2) is 0 Å². The van der Waals surface area contributed by atoms with Crippen LogP contribution >= 0.6 is 15.9 Å². The van der Waals surface area contributed by atoms with Crippen LogP contribution in [0.25, 0.3) is 0 Å². The van der Waals surface area contributed by atoms with Gasteiger partial charge >= 0.3 is 0 Å². The van der Waals surface area contributed by atoms with Gasteiger partial charge in [0.2, 0.25) is 0 Å². The zero-order valence-corrected chi connectivity index (χ0v) is 11.7. The molecule has 2 rings (SSSR count). The third-order valence-corrected chi connectivity index (χ3v) is 3.24. The van der Waals surface area contributed by atoms with Crippen molar-refractivity contribution in [2.45, 2.75) is 0 Å². The summed E-state index contributed by atoms with van der Waals surface area (Å²) in [6.07, 6.45) is 0. The lowest BCUT2D eigenvalue weighted by atomic mass is 10.2. The monoisotopic (exact) mass is 322 g/mol. The smallest absolute Gasteiger partial charge is 0.296 e. The van der Waals surface area contributed by atoms with Gasteiger partial charge in [0.25, 0.3) is 5.69 Å². The second-order valence-electron chi connectivity index (χ2n) is 3.75. The minimum Gasteiger partial charge on any atom is -0.496 e. The predicted molar refractivity (Wildman–Crippen MR) is 77.1 cm³/mol. The van der Waals surface area contributed by atoms with E-state index in [2.05, 4.69) is 21.2 Å². The molecule has 0 aliphatic heterocycles. The zero-order valence-electron chi connectivity index (χ0n) is 10.1. The molecule has 0 radical (unpaired) electrons. The molecule has 0 saturated carbocycles. The topological polar surface area (TPSA) is 64.4 Å². The molecule has 0 spiro atoms. The van der Waals surface area contributed by atoms with Gasteiger partial charge in [-0.25, -0.2) is 0 Å². The number of rotatable bonds is 4. The van der Waals surface area contributed by atoms with E-state index >= 15 is 0 Å². The summed E-state index contributed by atoms with van der Waals surface area (Å²) in [7, 11) is 1.47. The van der Waals surface area contributed by atoms with E-state index in [9.17, 15) is 10.1 Å². The number of halogens is 1. The highest BCUT2D eigenvalue weighted by atomic mass is 79.9. The van der Waals surface area contributed by atoms with Crippen LogP contribution in [0.2, 0.25) is 0 Å². The van der Waals surface area contributed by atoms with E-state index in [1.165, 1.54) is 13.2 Å². The third kappa shape index (κ3) is 3.03. The van der Waals surface area contributed by atoms with E-state index in [1.807, 2.05) is 24.3 Å². The van der Waals surface area contributed by atoms with Crippen LogP contribution in [0, 0.1) is 10.1 Å². The molecule has 0 amide bonds. The second-order valence-corrected chi connectivity index (χ2v) is 4.60. The Morgan fingerprint density at radius 2 is 1.95 bits per heavy atom. The van der Waals surface area contributed by atoms with Crippen molar-refractivity contribution in [3.05, 3.63) is 57.1 Å². The first-order valence-corrected chi connectivity index (χ1v) is 6.25. The normalized spacial score (nSPS) is 10.0. The number of hydrogen-bond donors (Lipinski definition) is 1. The Balaban J connectivity index is 2.40. The Hall–Kier alpha value is -2.08. The number of nitrogens with one attached hydrogen (secondary N) is 1. The Morgan fingerprint density at radius 3 is 2.58 bits per heavy atom. The number of methoxy groups -OCH3 is 1. The van der Waals surface area contributed by atoms with Gasteiger partial charge in [-0.1, -0.05) is 12.1 Å². The van der Waals surface area contributed by atoms with E-state index in [1.54, 1.807) is 12.1 Å². The van der Waals surface area contributed by atoms with Crippen molar-refractivity contribution in [1.82, 2.24) is 0 Å². The van der Waals surface area contributed by atoms with Crippen LogP contribution in [0.15, 0.2) is 46.9 Å². The maximum Gasteiger partial charge on any atom is 0.296 e. The van der Waals surface area contributed by atoms with E-state index in [4.69, 9.17) is 4.74 Å². The number of nitro benzene ring substituents is 1. The number of benzene rings is 2. The lowest BCUT2D eigenvalue weighted by Crippen LogP contribution is -1.98. The number of para-hydroxylation sites is 1. The predicted octanol–water partition coefficient (Wildman–Crippen LogP) is 4.11. The van der Waals surface area contributed by atoms with E-state index in [0.29, 0.717) is 11.4 Å². The van der Waals surface area contributed by atoms with Gasteiger partial charge in [-0.05, 0) is 40.2 Å². The summed E-state index contributed by atoms with van der Waals surface area (Å²) >= 11 is 3.39. The van der Waals surface area contributed by atoms with Crippen LogP contribution in [0.4, 0.5) is 17.1 Å². The van der Waals surface area contributed by atoms with Crippen LogP contribution in [0.5, 0.6) is 5.75 Å². The Bertz CT molecular complexity index is 617. The van der Waals surface area contributed by atoms with Crippen molar-refractivity contribution in [1.29, 1.82) is 0 Å². The fraction of sp³-hybridized carbons (Fsp3) is 0.0769. The fourth-order valence-corrected chi connectivity index (χ4v) is 1.99. The summed E-state index contributed by atoms with van der Waals surface area (Å²) in [5.41, 5.74) is 1.14. The lowest BCUT2D eigenvalue weighted by molar-refractivity contribution is -0.384. The van der Waals surface area contributed by atoms with Crippen molar-refractivity contribution in [2.24, 2.45) is 0 Å². The van der Waals surface area contributed by atoms with Gasteiger partial charge in [0.1, 0.15) is 11.4 Å². The largest absolute Gasteiger partial charge is 0.496 e. The van der Waals surface area contributed by atoms with Crippen molar-refractivity contribution in [3.63, 3.8) is 0 Å². The molecule has 0 fully saturated rings. The molecule has 0 aliphatic rings. The average molecular weight is 323 g/mol. The molecule has 0 heterocycles. The Morgan fingerprint density at radius 1 is 1.21 bits per heavy atom. The quantitative estimate of drug-likeness (QED) is 0.679. The molecule has 0 saturated heterocycles. The minimum atomic E-state index is -0.443. The van der Waals surface area contributed by atoms with Gasteiger partial charge in [0.05, 0.1) is 23.8 Å². The van der Waals surface area contributed by atoms with Crippen LogP contribution in [-0.4, -0.2) is 12.0 Å². The molecule has 98 valence electrons. The molecule has 1 N–H and O–H groups in total. The summed E-state index contributed by atoms with van der Waals surface area (Å²) in [6, 6.07) is 12.1. The van der Waals surface area contributed by atoms with Crippen LogP contribution in [-0.2, 0) is 0 Å². The number of anilines is 2. The highest BCUT2D eigenvalue weighted by Crippen LogP contribution is 2.33. The Labute approximate surface area is 118 Å². The summed E-state index contributed by atoms with van der Waals surface area (Å²) in [6.45, 7) is 0. The number of nitro groups is 1. The molecule has 5 nitrogen and oxygen atoms in total. The maximum absolute atomic E-state index is 11.1. The van der Waals surface area contributed by atoms with Crippen LogP contribution in [0.3, 0.4) is 0 Å². The molecular weight excluding hydrogens is 312 g/mol. The van der Waals surface area contributed by atoms with Gasteiger partial charge in [-0.3, -0.25) is 10.1 Å². The summed E-state index contributed by atoms with van der Waals surface area (Å²) in [4.78, 5) is 10.6.